The zero-order valence-corrected chi connectivity index (χ0v) is 11.5. The second-order valence-corrected chi connectivity index (χ2v) is 5.67. The van der Waals surface area contributed by atoms with Gasteiger partial charge in [-0.2, -0.15) is 5.10 Å². The van der Waals surface area contributed by atoms with Gasteiger partial charge in [-0.15, -0.1) is 0 Å². The molecule has 2 unspecified atom stereocenters. The molecule has 0 amide bonds. The topological polar surface area (TPSA) is 27.1 Å². The van der Waals surface area contributed by atoms with Crippen molar-refractivity contribution in [3.63, 3.8) is 0 Å². The molecular weight excluding hydrogens is 268 g/mol. The summed E-state index contributed by atoms with van der Waals surface area (Å²) in [5, 5.41) is 4.38. The van der Waals surface area contributed by atoms with E-state index in [0.29, 0.717) is 10.7 Å². The van der Waals surface area contributed by atoms with E-state index in [1.165, 1.54) is 31.4 Å². The van der Waals surface area contributed by atoms with Crippen molar-refractivity contribution in [2.75, 3.05) is 7.11 Å². The van der Waals surface area contributed by atoms with Crippen LogP contribution in [0.3, 0.4) is 0 Å². The van der Waals surface area contributed by atoms with Crippen LogP contribution in [0, 0.1) is 0 Å². The van der Waals surface area contributed by atoms with Crippen molar-refractivity contribution in [2.24, 2.45) is 0 Å². The first-order valence-electron chi connectivity index (χ1n) is 6.00. The Morgan fingerprint density at radius 1 is 1.56 bits per heavy atom. The summed E-state index contributed by atoms with van der Waals surface area (Å²) in [6, 6.07) is 0. The van der Waals surface area contributed by atoms with Gasteiger partial charge in [0.05, 0.1) is 19.0 Å². The molecule has 0 spiro atoms. The van der Waals surface area contributed by atoms with Gasteiger partial charge < -0.3 is 4.74 Å². The number of nitrogens with zero attached hydrogens (tertiary/aromatic N) is 2. The minimum Gasteiger partial charge on any atom is -0.493 e. The fourth-order valence-corrected chi connectivity index (χ4v) is 3.35. The SMILES string of the molecule is CCn1ncc(OC)c1C1CCCC(Br)C1. The lowest BCUT2D eigenvalue weighted by atomic mass is 9.86. The smallest absolute Gasteiger partial charge is 0.160 e. The van der Waals surface area contributed by atoms with Crippen LogP contribution in [0.15, 0.2) is 6.20 Å². The maximum atomic E-state index is 5.42. The molecule has 0 aromatic carbocycles. The van der Waals surface area contributed by atoms with Gasteiger partial charge in [0.1, 0.15) is 0 Å². The highest BCUT2D eigenvalue weighted by atomic mass is 79.9. The molecule has 0 bridgehead atoms. The number of rotatable bonds is 3. The molecule has 1 aliphatic rings. The number of methoxy groups -OCH3 is 1. The molecule has 2 atom stereocenters. The highest BCUT2D eigenvalue weighted by molar-refractivity contribution is 9.09. The van der Waals surface area contributed by atoms with Crippen LogP contribution in [0.1, 0.15) is 44.2 Å². The maximum Gasteiger partial charge on any atom is 0.160 e. The monoisotopic (exact) mass is 286 g/mol. The number of hydrogen-bond acceptors (Lipinski definition) is 2. The molecule has 0 N–H and O–H groups in total. The molecule has 1 saturated carbocycles. The van der Waals surface area contributed by atoms with Crippen LogP contribution in [-0.4, -0.2) is 21.7 Å². The van der Waals surface area contributed by atoms with Gasteiger partial charge in [-0.05, 0) is 26.2 Å². The molecule has 1 heterocycles. The fraction of sp³-hybridized carbons (Fsp3) is 0.750. The van der Waals surface area contributed by atoms with Crippen LogP contribution in [0.2, 0.25) is 0 Å². The molecule has 2 rings (SSSR count). The largest absolute Gasteiger partial charge is 0.493 e. The quantitative estimate of drug-likeness (QED) is 0.797. The minimum atomic E-state index is 0.593. The Morgan fingerprint density at radius 3 is 3.00 bits per heavy atom. The van der Waals surface area contributed by atoms with Crippen LogP contribution >= 0.6 is 15.9 Å². The Bertz CT molecular complexity index is 329. The van der Waals surface area contributed by atoms with Crippen molar-refractivity contribution in [1.82, 2.24) is 9.78 Å². The Hall–Kier alpha value is -0.510. The molecule has 4 heteroatoms. The second kappa shape index (κ2) is 5.21. The van der Waals surface area contributed by atoms with Gasteiger partial charge >= 0.3 is 0 Å². The van der Waals surface area contributed by atoms with E-state index in [1.807, 2.05) is 6.20 Å². The second-order valence-electron chi connectivity index (χ2n) is 4.37. The molecule has 0 aliphatic heterocycles. The van der Waals surface area contributed by atoms with E-state index in [-0.39, 0.29) is 0 Å². The minimum absolute atomic E-state index is 0.593. The Kier molecular flexibility index (Phi) is 3.90. The van der Waals surface area contributed by atoms with Crippen molar-refractivity contribution in [3.8, 4) is 5.75 Å². The Balaban J connectivity index is 2.26. The number of aromatic nitrogens is 2. The molecule has 0 radical (unpaired) electrons. The van der Waals surface area contributed by atoms with Crippen LogP contribution in [0.5, 0.6) is 5.75 Å². The highest BCUT2D eigenvalue weighted by Crippen LogP contribution is 2.39. The summed E-state index contributed by atoms with van der Waals surface area (Å²) in [5.74, 6) is 1.55. The average Bonchev–Trinajstić information content (AvgIpc) is 2.71. The lowest BCUT2D eigenvalue weighted by molar-refractivity contribution is 0.379. The van der Waals surface area contributed by atoms with E-state index in [4.69, 9.17) is 4.74 Å². The van der Waals surface area contributed by atoms with Gasteiger partial charge in [-0.3, -0.25) is 4.68 Å². The van der Waals surface area contributed by atoms with Gasteiger partial charge in [0.25, 0.3) is 0 Å². The molecule has 1 fully saturated rings. The molecule has 3 nitrogen and oxygen atoms in total. The lowest BCUT2D eigenvalue weighted by Crippen LogP contribution is -2.17. The number of halogens is 1. The van der Waals surface area contributed by atoms with Crippen molar-refractivity contribution >= 4 is 15.9 Å². The summed E-state index contributed by atoms with van der Waals surface area (Å²) in [6.45, 7) is 3.05. The van der Waals surface area contributed by atoms with Crippen molar-refractivity contribution in [2.45, 2.75) is 49.9 Å². The third kappa shape index (κ3) is 2.26. The van der Waals surface area contributed by atoms with Gasteiger partial charge in [-0.25, -0.2) is 0 Å². The molecule has 1 aliphatic carbocycles. The number of ether oxygens (including phenoxy) is 1. The summed E-state index contributed by atoms with van der Waals surface area (Å²) < 4.78 is 7.50. The van der Waals surface area contributed by atoms with E-state index in [0.717, 1.165) is 12.3 Å². The summed E-state index contributed by atoms with van der Waals surface area (Å²) in [5.41, 5.74) is 1.29. The number of aryl methyl sites for hydroxylation is 1. The number of hydrogen-bond donors (Lipinski definition) is 0. The zero-order chi connectivity index (χ0) is 11.5. The maximum absolute atomic E-state index is 5.42. The molecular formula is C12H19BrN2O. The predicted octanol–water partition coefficient (Wildman–Crippen LogP) is 3.33. The summed E-state index contributed by atoms with van der Waals surface area (Å²) in [7, 11) is 1.73. The van der Waals surface area contributed by atoms with E-state index < -0.39 is 0 Å². The highest BCUT2D eigenvalue weighted by Gasteiger charge is 2.27. The summed E-state index contributed by atoms with van der Waals surface area (Å²) >= 11 is 3.74. The van der Waals surface area contributed by atoms with Crippen LogP contribution < -0.4 is 4.74 Å². The first-order chi connectivity index (χ1) is 7.76. The van der Waals surface area contributed by atoms with Gasteiger partial charge in [-0.1, -0.05) is 22.4 Å². The van der Waals surface area contributed by atoms with E-state index in [1.54, 1.807) is 7.11 Å². The molecule has 1 aromatic rings. The van der Waals surface area contributed by atoms with Gasteiger partial charge in [0.15, 0.2) is 5.75 Å². The Morgan fingerprint density at radius 2 is 2.38 bits per heavy atom. The first kappa shape index (κ1) is 12.0. The summed E-state index contributed by atoms with van der Waals surface area (Å²) in [4.78, 5) is 0.649. The Labute approximate surface area is 105 Å². The number of alkyl halides is 1. The van der Waals surface area contributed by atoms with Crippen molar-refractivity contribution in [1.29, 1.82) is 0 Å². The summed E-state index contributed by atoms with van der Waals surface area (Å²) in [6.07, 6.45) is 6.88. The molecule has 0 saturated heterocycles. The third-order valence-corrected chi connectivity index (χ3v) is 4.19. The van der Waals surface area contributed by atoms with Crippen molar-refractivity contribution < 1.29 is 4.74 Å². The molecule has 16 heavy (non-hydrogen) atoms. The fourth-order valence-electron chi connectivity index (χ4n) is 2.58. The zero-order valence-electron chi connectivity index (χ0n) is 9.95. The van der Waals surface area contributed by atoms with E-state index in [2.05, 4.69) is 32.6 Å². The standard InChI is InChI=1S/C12H19BrN2O/c1-3-15-12(11(16-2)8-14-15)9-5-4-6-10(13)7-9/h8-10H,3-7H2,1-2H3. The first-order valence-corrected chi connectivity index (χ1v) is 6.91. The molecule has 90 valence electrons. The van der Waals surface area contributed by atoms with E-state index in [9.17, 15) is 0 Å². The van der Waals surface area contributed by atoms with E-state index >= 15 is 0 Å². The third-order valence-electron chi connectivity index (χ3n) is 3.36. The predicted molar refractivity (Wildman–Crippen MR) is 68.4 cm³/mol. The van der Waals surface area contributed by atoms with Crippen LogP contribution in [-0.2, 0) is 6.54 Å². The van der Waals surface area contributed by atoms with Crippen LogP contribution in [0.25, 0.3) is 0 Å². The average molecular weight is 287 g/mol. The van der Waals surface area contributed by atoms with Gasteiger partial charge in [0.2, 0.25) is 0 Å². The molecule has 1 aromatic heterocycles. The van der Waals surface area contributed by atoms with Gasteiger partial charge in [0, 0.05) is 17.3 Å². The lowest BCUT2D eigenvalue weighted by Gasteiger charge is -2.26. The normalized spacial score (nSPS) is 25.7. The van der Waals surface area contributed by atoms with Crippen molar-refractivity contribution in [3.05, 3.63) is 11.9 Å². The van der Waals surface area contributed by atoms with Crippen LogP contribution in [0.4, 0.5) is 0 Å².